The minimum absolute atomic E-state index is 0.332. The third-order valence-electron chi connectivity index (χ3n) is 8.99. The van der Waals surface area contributed by atoms with E-state index in [1.807, 2.05) is 78.9 Å². The van der Waals surface area contributed by atoms with Gasteiger partial charge in [0.1, 0.15) is 22.1 Å². The summed E-state index contributed by atoms with van der Waals surface area (Å²) in [7, 11) is 0. The van der Waals surface area contributed by atoms with Crippen LogP contribution in [0.3, 0.4) is 0 Å². The van der Waals surface area contributed by atoms with Gasteiger partial charge in [-0.2, -0.15) is 0 Å². The number of imidazole rings is 1. The highest BCUT2D eigenvalue weighted by Gasteiger charge is 2.33. The molecule has 10 heteroatoms. The van der Waals surface area contributed by atoms with Gasteiger partial charge in [-0.15, -0.1) is 22.7 Å². The van der Waals surface area contributed by atoms with E-state index in [0.717, 1.165) is 64.2 Å². The molecule has 0 unspecified atom stereocenters. The fraction of sp³-hybridized carbons (Fsp3) is 0. The SMILES string of the molecule is c1coc(-c2c(-c3cc4ccccc4s3)c(-c3nc4ccccc4s3)c(-c3nc4ccccc4[nH]3)c3nc(-c4noc5ccccc45)oc23)c1. The number of nitrogens with zero attached hydrogens (tertiary/aromatic N) is 4. The first-order chi connectivity index (χ1) is 24.8. The summed E-state index contributed by atoms with van der Waals surface area (Å²) in [5.74, 6) is 1.64. The van der Waals surface area contributed by atoms with Crippen LogP contribution in [-0.4, -0.2) is 25.1 Å². The van der Waals surface area contributed by atoms with Crippen molar-refractivity contribution in [2.45, 2.75) is 0 Å². The van der Waals surface area contributed by atoms with Crippen molar-refractivity contribution in [2.75, 3.05) is 0 Å². The molecule has 11 rings (SSSR count). The van der Waals surface area contributed by atoms with Crippen LogP contribution in [0.1, 0.15) is 0 Å². The van der Waals surface area contributed by atoms with Crippen LogP contribution in [0.2, 0.25) is 0 Å². The maximum Gasteiger partial charge on any atom is 0.250 e. The predicted octanol–water partition coefficient (Wildman–Crippen LogP) is 11.6. The Morgan fingerprint density at radius 3 is 2.32 bits per heavy atom. The molecule has 0 amide bonds. The summed E-state index contributed by atoms with van der Waals surface area (Å²) in [6.07, 6.45) is 1.68. The van der Waals surface area contributed by atoms with Crippen LogP contribution in [0.15, 0.2) is 135 Å². The van der Waals surface area contributed by atoms with E-state index in [2.05, 4.69) is 46.5 Å². The number of benzene rings is 5. The van der Waals surface area contributed by atoms with Crippen LogP contribution in [0.5, 0.6) is 0 Å². The van der Waals surface area contributed by atoms with Gasteiger partial charge in [0.05, 0.1) is 44.0 Å². The standard InChI is InChI=1S/C40H21N5O3S2/c1-7-17-28-21(10-1)20-30(49-28)32-31(27-16-9-19-46-27)37-36(44-39(47-37)35-22-11-2-6-15-26(22)48-45-35)34(38-41-23-12-3-4-13-24(23)42-38)33(32)40-43-25-14-5-8-18-29(25)50-40/h1-20H,(H,41,42). The summed E-state index contributed by atoms with van der Waals surface area (Å²) in [6, 6.07) is 38.4. The third-order valence-corrected chi connectivity index (χ3v) is 11.2. The lowest BCUT2D eigenvalue weighted by Gasteiger charge is -2.16. The molecule has 0 bridgehead atoms. The third kappa shape index (κ3) is 4.09. The van der Waals surface area contributed by atoms with Crippen molar-refractivity contribution in [3.63, 3.8) is 0 Å². The number of H-pyrrole nitrogens is 1. The van der Waals surface area contributed by atoms with Crippen molar-refractivity contribution in [3.8, 4) is 55.3 Å². The summed E-state index contributed by atoms with van der Waals surface area (Å²) in [5, 5.41) is 7.21. The zero-order valence-electron chi connectivity index (χ0n) is 25.9. The van der Waals surface area contributed by atoms with Crippen molar-refractivity contribution in [3.05, 3.63) is 122 Å². The van der Waals surface area contributed by atoms with Gasteiger partial charge in [-0.05, 0) is 66.0 Å². The second kappa shape index (κ2) is 10.6. The molecular weight excluding hydrogens is 663 g/mol. The Morgan fingerprint density at radius 2 is 1.46 bits per heavy atom. The molecule has 11 aromatic rings. The summed E-state index contributed by atoms with van der Waals surface area (Å²) in [4.78, 5) is 20.3. The van der Waals surface area contributed by atoms with E-state index in [-0.39, 0.29) is 0 Å². The summed E-state index contributed by atoms with van der Waals surface area (Å²) < 4.78 is 21.0. The number of thiophene rings is 1. The molecule has 5 aromatic carbocycles. The summed E-state index contributed by atoms with van der Waals surface area (Å²) in [5.41, 5.74) is 8.37. The zero-order valence-corrected chi connectivity index (χ0v) is 27.5. The van der Waals surface area contributed by atoms with E-state index in [4.69, 9.17) is 28.3 Å². The van der Waals surface area contributed by atoms with Gasteiger partial charge in [0, 0.05) is 20.7 Å². The Balaban J connectivity index is 1.36. The number of nitrogens with one attached hydrogen (secondary N) is 1. The van der Waals surface area contributed by atoms with Crippen LogP contribution in [0.25, 0.3) is 109 Å². The molecule has 0 atom stereocenters. The van der Waals surface area contributed by atoms with E-state index in [0.29, 0.717) is 39.9 Å². The number of fused-ring (bicyclic) bond motifs is 5. The number of furan rings is 1. The molecule has 0 fully saturated rings. The van der Waals surface area contributed by atoms with Crippen molar-refractivity contribution >= 4 is 76.1 Å². The van der Waals surface area contributed by atoms with Crippen LogP contribution in [-0.2, 0) is 0 Å². The molecule has 0 aliphatic heterocycles. The monoisotopic (exact) mass is 683 g/mol. The van der Waals surface area contributed by atoms with E-state index in [1.165, 1.54) is 4.70 Å². The van der Waals surface area contributed by atoms with E-state index < -0.39 is 0 Å². The largest absolute Gasteiger partial charge is 0.464 e. The second-order valence-corrected chi connectivity index (χ2v) is 14.1. The Labute approximate surface area is 290 Å². The number of thiazole rings is 1. The fourth-order valence-corrected chi connectivity index (χ4v) is 8.93. The Kier molecular flexibility index (Phi) is 5.83. The quantitative estimate of drug-likeness (QED) is 0.192. The highest BCUT2D eigenvalue weighted by Crippen LogP contribution is 2.54. The van der Waals surface area contributed by atoms with Gasteiger partial charge in [0.15, 0.2) is 16.9 Å². The number of hydrogen-bond donors (Lipinski definition) is 1. The van der Waals surface area contributed by atoms with Gasteiger partial charge in [-0.3, -0.25) is 0 Å². The Morgan fingerprint density at radius 1 is 0.640 bits per heavy atom. The fourth-order valence-electron chi connectivity index (χ4n) is 6.78. The topological polar surface area (TPSA) is 107 Å². The number of aromatic nitrogens is 5. The number of para-hydroxylation sites is 4. The minimum Gasteiger partial charge on any atom is -0.464 e. The van der Waals surface area contributed by atoms with Crippen LogP contribution in [0.4, 0.5) is 0 Å². The maximum absolute atomic E-state index is 6.85. The first kappa shape index (κ1) is 27.6. The lowest BCUT2D eigenvalue weighted by molar-refractivity contribution is 0.455. The van der Waals surface area contributed by atoms with Crippen molar-refractivity contribution < 1.29 is 13.4 Å². The molecule has 50 heavy (non-hydrogen) atoms. The highest BCUT2D eigenvalue weighted by molar-refractivity contribution is 7.23. The molecule has 0 spiro atoms. The van der Waals surface area contributed by atoms with Crippen LogP contribution < -0.4 is 0 Å². The second-order valence-electron chi connectivity index (χ2n) is 11.9. The summed E-state index contributed by atoms with van der Waals surface area (Å²) in [6.45, 7) is 0. The Hall–Kier alpha value is -6.36. The Bertz CT molecular complexity index is 2970. The average molecular weight is 684 g/mol. The van der Waals surface area contributed by atoms with Gasteiger partial charge >= 0.3 is 0 Å². The number of oxazole rings is 1. The lowest BCUT2D eigenvalue weighted by Crippen LogP contribution is -1.96. The van der Waals surface area contributed by atoms with Crippen molar-refractivity contribution in [2.24, 2.45) is 0 Å². The molecule has 0 radical (unpaired) electrons. The molecule has 6 heterocycles. The van der Waals surface area contributed by atoms with E-state index >= 15 is 0 Å². The predicted molar refractivity (Wildman–Crippen MR) is 199 cm³/mol. The van der Waals surface area contributed by atoms with Gasteiger partial charge in [0.2, 0.25) is 0 Å². The van der Waals surface area contributed by atoms with E-state index in [9.17, 15) is 0 Å². The first-order valence-corrected chi connectivity index (χ1v) is 17.6. The number of rotatable bonds is 5. The molecule has 0 saturated heterocycles. The van der Waals surface area contributed by atoms with E-state index in [1.54, 1.807) is 28.9 Å². The molecule has 8 nitrogen and oxygen atoms in total. The smallest absolute Gasteiger partial charge is 0.250 e. The molecule has 6 aromatic heterocycles. The molecule has 0 saturated carbocycles. The maximum atomic E-state index is 6.85. The molecule has 236 valence electrons. The van der Waals surface area contributed by atoms with Gasteiger partial charge < -0.3 is 18.3 Å². The minimum atomic E-state index is 0.332. The van der Waals surface area contributed by atoms with Crippen molar-refractivity contribution in [1.29, 1.82) is 0 Å². The number of hydrogen-bond acceptors (Lipinski definition) is 9. The zero-order chi connectivity index (χ0) is 32.8. The average Bonchev–Trinajstić information content (AvgIpc) is 4.00. The van der Waals surface area contributed by atoms with Crippen molar-refractivity contribution in [1.82, 2.24) is 25.1 Å². The number of aromatic amines is 1. The molecule has 1 N–H and O–H groups in total. The first-order valence-electron chi connectivity index (χ1n) is 16.0. The van der Waals surface area contributed by atoms with Crippen LogP contribution >= 0.6 is 22.7 Å². The normalized spacial score (nSPS) is 12.0. The van der Waals surface area contributed by atoms with Gasteiger partial charge in [-0.1, -0.05) is 59.8 Å². The highest BCUT2D eigenvalue weighted by atomic mass is 32.1. The lowest BCUT2D eigenvalue weighted by atomic mass is 9.91. The van der Waals surface area contributed by atoms with Gasteiger partial charge in [-0.25, -0.2) is 15.0 Å². The summed E-state index contributed by atoms with van der Waals surface area (Å²) >= 11 is 3.35. The van der Waals surface area contributed by atoms with Gasteiger partial charge in [0.25, 0.3) is 5.89 Å². The molecule has 0 aliphatic carbocycles. The molecule has 0 aliphatic rings. The van der Waals surface area contributed by atoms with Crippen LogP contribution in [0, 0.1) is 0 Å². The molecular formula is C40H21N5O3S2.